The van der Waals surface area contributed by atoms with Crippen LogP contribution in [0.4, 0.5) is 14.5 Å². The lowest BCUT2D eigenvalue weighted by Crippen LogP contribution is -2.46. The molecule has 148 valence electrons. The number of para-hydroxylation sites is 1. The number of halogens is 2. The van der Waals surface area contributed by atoms with Crippen LogP contribution in [-0.4, -0.2) is 41.1 Å². The SMILES string of the molecule is O=C(c1ccc(F)cc1)[C@@H]1[C@@H]2C(=O)N(c3ccccc3F)C(=O)[C@H]2[C@@H]2CCCN12. The van der Waals surface area contributed by atoms with E-state index in [0.29, 0.717) is 18.5 Å². The highest BCUT2D eigenvalue weighted by molar-refractivity contribution is 6.24. The molecule has 5 rings (SSSR count). The smallest absolute Gasteiger partial charge is 0.239 e. The number of Topliss-reactive ketones (excluding diaryl/α,β-unsaturated/α-hetero) is 1. The zero-order chi connectivity index (χ0) is 20.3. The molecule has 0 unspecified atom stereocenters. The molecule has 2 aromatic rings. The van der Waals surface area contributed by atoms with Crippen LogP contribution in [0.25, 0.3) is 0 Å². The molecule has 3 aliphatic heterocycles. The van der Waals surface area contributed by atoms with Gasteiger partial charge < -0.3 is 0 Å². The van der Waals surface area contributed by atoms with Gasteiger partial charge in [-0.05, 0) is 55.8 Å². The largest absolute Gasteiger partial charge is 0.292 e. The van der Waals surface area contributed by atoms with Crippen molar-refractivity contribution >= 4 is 23.3 Å². The van der Waals surface area contributed by atoms with Crippen LogP contribution in [0, 0.1) is 23.5 Å². The van der Waals surface area contributed by atoms with E-state index >= 15 is 0 Å². The molecule has 0 aromatic heterocycles. The highest BCUT2D eigenvalue weighted by Crippen LogP contribution is 2.48. The second kappa shape index (κ2) is 6.56. The lowest BCUT2D eigenvalue weighted by atomic mass is 9.85. The van der Waals surface area contributed by atoms with Crippen molar-refractivity contribution in [2.75, 3.05) is 11.4 Å². The van der Waals surface area contributed by atoms with E-state index in [-0.39, 0.29) is 17.5 Å². The van der Waals surface area contributed by atoms with Gasteiger partial charge in [-0.15, -0.1) is 0 Å². The van der Waals surface area contributed by atoms with Crippen LogP contribution >= 0.6 is 0 Å². The number of hydrogen-bond donors (Lipinski definition) is 0. The third kappa shape index (κ3) is 2.57. The molecule has 7 heteroatoms. The molecule has 0 radical (unpaired) electrons. The number of hydrogen-bond acceptors (Lipinski definition) is 4. The first kappa shape index (κ1) is 18.1. The molecule has 0 aliphatic carbocycles. The average Bonchev–Trinajstić information content (AvgIpc) is 3.35. The summed E-state index contributed by atoms with van der Waals surface area (Å²) in [5.41, 5.74) is 0.224. The molecular weight excluding hydrogens is 378 g/mol. The van der Waals surface area contributed by atoms with Gasteiger partial charge in [-0.2, -0.15) is 0 Å². The average molecular weight is 396 g/mol. The lowest BCUT2D eigenvalue weighted by Gasteiger charge is -2.27. The van der Waals surface area contributed by atoms with Gasteiger partial charge in [0, 0.05) is 11.6 Å². The van der Waals surface area contributed by atoms with E-state index in [1.807, 2.05) is 4.90 Å². The first-order chi connectivity index (χ1) is 14.0. The van der Waals surface area contributed by atoms with Crippen LogP contribution in [0.2, 0.25) is 0 Å². The van der Waals surface area contributed by atoms with E-state index in [0.717, 1.165) is 11.3 Å². The van der Waals surface area contributed by atoms with Gasteiger partial charge in [-0.25, -0.2) is 13.7 Å². The van der Waals surface area contributed by atoms with Gasteiger partial charge in [0.15, 0.2) is 5.78 Å². The lowest BCUT2D eigenvalue weighted by molar-refractivity contribution is -0.123. The molecule has 5 nitrogen and oxygen atoms in total. The number of carbonyl (C=O) groups excluding carboxylic acids is 3. The molecule has 3 heterocycles. The maximum Gasteiger partial charge on any atom is 0.239 e. The van der Waals surface area contributed by atoms with Gasteiger partial charge in [0.2, 0.25) is 11.8 Å². The number of fused-ring (bicyclic) bond motifs is 3. The van der Waals surface area contributed by atoms with Gasteiger partial charge in [0.25, 0.3) is 0 Å². The highest BCUT2D eigenvalue weighted by Gasteiger charge is 2.64. The third-order valence-electron chi connectivity index (χ3n) is 6.34. The van der Waals surface area contributed by atoms with E-state index < -0.39 is 41.3 Å². The molecule has 0 bridgehead atoms. The maximum absolute atomic E-state index is 14.3. The fraction of sp³-hybridized carbons (Fsp3) is 0.318. The summed E-state index contributed by atoms with van der Waals surface area (Å²) in [6.45, 7) is 0.621. The summed E-state index contributed by atoms with van der Waals surface area (Å²) in [4.78, 5) is 42.6. The summed E-state index contributed by atoms with van der Waals surface area (Å²) in [7, 11) is 0. The van der Waals surface area contributed by atoms with Gasteiger partial charge in [-0.3, -0.25) is 19.3 Å². The molecule has 4 atom stereocenters. The van der Waals surface area contributed by atoms with Crippen LogP contribution in [0.3, 0.4) is 0 Å². The summed E-state index contributed by atoms with van der Waals surface area (Å²) in [5.74, 6) is -3.93. The van der Waals surface area contributed by atoms with Crippen LogP contribution in [0.15, 0.2) is 48.5 Å². The minimum Gasteiger partial charge on any atom is -0.292 e. The number of benzene rings is 2. The Bertz CT molecular complexity index is 1020. The van der Waals surface area contributed by atoms with Gasteiger partial charge in [-0.1, -0.05) is 12.1 Å². The molecule has 0 spiro atoms. The van der Waals surface area contributed by atoms with Crippen LogP contribution in [-0.2, 0) is 9.59 Å². The van der Waals surface area contributed by atoms with Crippen molar-refractivity contribution in [1.82, 2.24) is 4.90 Å². The second-order valence-corrected chi connectivity index (χ2v) is 7.78. The predicted octanol–water partition coefficient (Wildman–Crippen LogP) is 2.80. The van der Waals surface area contributed by atoms with E-state index in [1.165, 1.54) is 42.5 Å². The molecule has 2 amide bonds. The van der Waals surface area contributed by atoms with Crippen molar-refractivity contribution < 1.29 is 23.2 Å². The maximum atomic E-state index is 14.3. The Morgan fingerprint density at radius 2 is 1.62 bits per heavy atom. The highest BCUT2D eigenvalue weighted by atomic mass is 19.1. The number of nitrogens with zero attached hydrogens (tertiary/aromatic N) is 2. The van der Waals surface area contributed by atoms with Crippen LogP contribution < -0.4 is 4.90 Å². The number of imide groups is 1. The summed E-state index contributed by atoms with van der Waals surface area (Å²) < 4.78 is 27.6. The predicted molar refractivity (Wildman–Crippen MR) is 100 cm³/mol. The van der Waals surface area contributed by atoms with E-state index in [4.69, 9.17) is 0 Å². The molecule has 3 saturated heterocycles. The van der Waals surface area contributed by atoms with E-state index in [9.17, 15) is 23.2 Å². The first-order valence-corrected chi connectivity index (χ1v) is 9.67. The zero-order valence-corrected chi connectivity index (χ0v) is 15.4. The molecular formula is C22H18F2N2O3. The van der Waals surface area contributed by atoms with E-state index in [2.05, 4.69) is 0 Å². The number of anilines is 1. The standard InChI is InChI=1S/C22H18F2N2O3/c23-13-9-7-12(8-10-13)20(27)19-18-17(16-6-3-11-25(16)19)21(28)26(22(18)29)15-5-2-1-4-14(15)24/h1-2,4-5,7-10,16-19H,3,6,11H2/t16-,17-,18+,19-/m0/s1. The Labute approximate surface area is 165 Å². The molecule has 0 N–H and O–H groups in total. The molecule has 29 heavy (non-hydrogen) atoms. The fourth-order valence-corrected chi connectivity index (χ4v) is 5.17. The monoisotopic (exact) mass is 396 g/mol. The number of carbonyl (C=O) groups is 3. The normalized spacial score (nSPS) is 28.7. The minimum absolute atomic E-state index is 0.0746. The minimum atomic E-state index is -0.857. The molecule has 3 fully saturated rings. The van der Waals surface area contributed by atoms with Gasteiger partial charge in [0.1, 0.15) is 11.6 Å². The summed E-state index contributed by atoms with van der Waals surface area (Å²) in [5, 5.41) is 0. The van der Waals surface area contributed by atoms with Crippen LogP contribution in [0.1, 0.15) is 23.2 Å². The van der Waals surface area contributed by atoms with Gasteiger partial charge >= 0.3 is 0 Å². The summed E-state index contributed by atoms with van der Waals surface area (Å²) in [6.07, 6.45) is 1.53. The first-order valence-electron chi connectivity index (χ1n) is 9.67. The second-order valence-electron chi connectivity index (χ2n) is 7.78. The topological polar surface area (TPSA) is 57.7 Å². The third-order valence-corrected chi connectivity index (χ3v) is 6.34. The Hall–Kier alpha value is -2.93. The fourth-order valence-electron chi connectivity index (χ4n) is 5.17. The number of amides is 2. The van der Waals surface area contributed by atoms with Crippen LogP contribution in [0.5, 0.6) is 0 Å². The Morgan fingerprint density at radius 1 is 0.931 bits per heavy atom. The summed E-state index contributed by atoms with van der Waals surface area (Å²) in [6, 6.07) is 9.83. The quantitative estimate of drug-likeness (QED) is 0.591. The Morgan fingerprint density at radius 3 is 2.34 bits per heavy atom. The van der Waals surface area contributed by atoms with Crippen molar-refractivity contribution in [3.63, 3.8) is 0 Å². The number of ketones is 1. The number of rotatable bonds is 3. The van der Waals surface area contributed by atoms with E-state index in [1.54, 1.807) is 6.07 Å². The molecule has 0 saturated carbocycles. The Kier molecular flexibility index (Phi) is 4.10. The van der Waals surface area contributed by atoms with Crippen molar-refractivity contribution in [2.24, 2.45) is 11.8 Å². The zero-order valence-electron chi connectivity index (χ0n) is 15.4. The molecule has 3 aliphatic rings. The van der Waals surface area contributed by atoms with Crippen molar-refractivity contribution in [2.45, 2.75) is 24.9 Å². The van der Waals surface area contributed by atoms with Crippen molar-refractivity contribution in [1.29, 1.82) is 0 Å². The Balaban J connectivity index is 1.56. The summed E-state index contributed by atoms with van der Waals surface area (Å²) >= 11 is 0. The van der Waals surface area contributed by atoms with Gasteiger partial charge in [0.05, 0.1) is 23.6 Å². The van der Waals surface area contributed by atoms with Crippen molar-refractivity contribution in [3.8, 4) is 0 Å². The van der Waals surface area contributed by atoms with Crippen molar-refractivity contribution in [3.05, 3.63) is 65.7 Å². The molecule has 2 aromatic carbocycles.